The maximum absolute atomic E-state index is 11.6. The van der Waals surface area contributed by atoms with Crippen LogP contribution in [0.2, 0.25) is 0 Å². The van der Waals surface area contributed by atoms with Crippen molar-refractivity contribution in [3.8, 4) is 5.75 Å². The summed E-state index contributed by atoms with van der Waals surface area (Å²) < 4.78 is 30.9. The standard InChI is InChI=1S/C10H13NO4S/c12-5-6-15-9-1-2-10-8(7-9)3-4-11-16(10,13)14/h1-2,7,11-12H,3-6H2. The third-order valence-corrected chi connectivity index (χ3v) is 3.93. The molecule has 0 bridgehead atoms. The fourth-order valence-electron chi connectivity index (χ4n) is 1.66. The number of ether oxygens (including phenoxy) is 1. The molecule has 0 aromatic heterocycles. The summed E-state index contributed by atoms with van der Waals surface area (Å²) in [5.74, 6) is 0.588. The quantitative estimate of drug-likeness (QED) is 0.777. The van der Waals surface area contributed by atoms with E-state index in [1.807, 2.05) is 0 Å². The topological polar surface area (TPSA) is 75.6 Å². The highest BCUT2D eigenvalue weighted by atomic mass is 32.2. The van der Waals surface area contributed by atoms with Crippen molar-refractivity contribution in [1.29, 1.82) is 0 Å². The van der Waals surface area contributed by atoms with E-state index in [0.717, 1.165) is 5.56 Å². The van der Waals surface area contributed by atoms with E-state index in [1.54, 1.807) is 12.1 Å². The van der Waals surface area contributed by atoms with Crippen molar-refractivity contribution in [3.05, 3.63) is 23.8 Å². The van der Waals surface area contributed by atoms with E-state index in [4.69, 9.17) is 9.84 Å². The molecule has 0 spiro atoms. The zero-order chi connectivity index (χ0) is 11.6. The largest absolute Gasteiger partial charge is 0.491 e. The van der Waals surface area contributed by atoms with Crippen molar-refractivity contribution in [2.24, 2.45) is 0 Å². The molecule has 1 aromatic carbocycles. The van der Waals surface area contributed by atoms with Crippen molar-refractivity contribution < 1.29 is 18.3 Å². The van der Waals surface area contributed by atoms with E-state index in [2.05, 4.69) is 4.72 Å². The molecule has 1 aliphatic rings. The Morgan fingerprint density at radius 3 is 3.00 bits per heavy atom. The first-order chi connectivity index (χ1) is 7.63. The van der Waals surface area contributed by atoms with Gasteiger partial charge in [-0.3, -0.25) is 0 Å². The van der Waals surface area contributed by atoms with Crippen molar-refractivity contribution in [2.45, 2.75) is 11.3 Å². The minimum Gasteiger partial charge on any atom is -0.491 e. The number of hydrogen-bond donors (Lipinski definition) is 2. The molecule has 0 atom stereocenters. The van der Waals surface area contributed by atoms with Gasteiger partial charge in [-0.25, -0.2) is 13.1 Å². The molecule has 0 fully saturated rings. The van der Waals surface area contributed by atoms with Gasteiger partial charge >= 0.3 is 0 Å². The van der Waals surface area contributed by atoms with Crippen molar-refractivity contribution >= 4 is 10.0 Å². The highest BCUT2D eigenvalue weighted by Crippen LogP contribution is 2.24. The lowest BCUT2D eigenvalue weighted by Crippen LogP contribution is -2.31. The molecular formula is C10H13NO4S. The lowest BCUT2D eigenvalue weighted by molar-refractivity contribution is 0.201. The zero-order valence-electron chi connectivity index (χ0n) is 8.64. The van der Waals surface area contributed by atoms with Gasteiger partial charge in [-0.15, -0.1) is 0 Å². The number of sulfonamides is 1. The third kappa shape index (κ3) is 2.18. The summed E-state index contributed by atoms with van der Waals surface area (Å²) in [6.07, 6.45) is 0.658. The van der Waals surface area contributed by atoms with Gasteiger partial charge in [0.25, 0.3) is 0 Å². The third-order valence-electron chi connectivity index (χ3n) is 2.37. The fraction of sp³-hybridized carbons (Fsp3) is 0.400. The number of nitrogens with one attached hydrogen (secondary N) is 1. The molecule has 5 nitrogen and oxygen atoms in total. The molecule has 1 aliphatic heterocycles. The molecule has 2 rings (SSSR count). The Morgan fingerprint density at radius 1 is 1.44 bits per heavy atom. The molecule has 16 heavy (non-hydrogen) atoms. The molecule has 2 N–H and O–H groups in total. The van der Waals surface area contributed by atoms with Gasteiger partial charge in [0.2, 0.25) is 10.0 Å². The average molecular weight is 243 g/mol. The predicted molar refractivity (Wildman–Crippen MR) is 57.9 cm³/mol. The van der Waals surface area contributed by atoms with E-state index in [1.165, 1.54) is 6.07 Å². The van der Waals surface area contributed by atoms with Crippen LogP contribution in [0.1, 0.15) is 5.56 Å². The van der Waals surface area contributed by atoms with Gasteiger partial charge in [-0.05, 0) is 30.2 Å². The lowest BCUT2D eigenvalue weighted by Gasteiger charge is -2.18. The molecule has 6 heteroatoms. The minimum absolute atomic E-state index is 0.0586. The van der Waals surface area contributed by atoms with Crippen LogP contribution >= 0.6 is 0 Å². The average Bonchev–Trinajstić information content (AvgIpc) is 2.25. The van der Waals surface area contributed by atoms with Crippen molar-refractivity contribution in [2.75, 3.05) is 19.8 Å². The Kier molecular flexibility index (Phi) is 3.13. The highest BCUT2D eigenvalue weighted by molar-refractivity contribution is 7.89. The molecule has 0 aliphatic carbocycles. The molecule has 1 heterocycles. The van der Waals surface area contributed by atoms with Gasteiger partial charge in [0.15, 0.2) is 0 Å². The first kappa shape index (κ1) is 11.4. The second-order valence-electron chi connectivity index (χ2n) is 3.49. The Morgan fingerprint density at radius 2 is 2.25 bits per heavy atom. The van der Waals surface area contributed by atoms with Crippen molar-refractivity contribution in [1.82, 2.24) is 4.72 Å². The fourth-order valence-corrected chi connectivity index (χ4v) is 2.94. The summed E-state index contributed by atoms with van der Waals surface area (Å²) in [5, 5.41) is 8.62. The maximum atomic E-state index is 11.6. The van der Waals surface area contributed by atoms with E-state index >= 15 is 0 Å². The van der Waals surface area contributed by atoms with Gasteiger partial charge in [0.1, 0.15) is 12.4 Å². The first-order valence-corrected chi connectivity index (χ1v) is 6.48. The number of fused-ring (bicyclic) bond motifs is 1. The molecule has 0 amide bonds. The normalized spacial score (nSPS) is 17.8. The Labute approximate surface area is 94.1 Å². The summed E-state index contributed by atoms with van der Waals surface area (Å²) in [5.41, 5.74) is 0.759. The molecule has 88 valence electrons. The number of aliphatic hydroxyl groups excluding tert-OH is 1. The van der Waals surface area contributed by atoms with E-state index in [9.17, 15) is 8.42 Å². The number of benzene rings is 1. The van der Waals surface area contributed by atoms with E-state index in [0.29, 0.717) is 23.6 Å². The minimum atomic E-state index is -3.33. The van der Waals surface area contributed by atoms with Gasteiger partial charge in [0.05, 0.1) is 11.5 Å². The van der Waals surface area contributed by atoms with Crippen LogP contribution in [0, 0.1) is 0 Å². The molecule has 0 saturated carbocycles. The van der Waals surface area contributed by atoms with Crippen LogP contribution in [0.3, 0.4) is 0 Å². The van der Waals surface area contributed by atoms with Crippen molar-refractivity contribution in [3.63, 3.8) is 0 Å². The molecule has 0 radical (unpaired) electrons. The molecule has 1 aromatic rings. The molecule has 0 saturated heterocycles. The Bertz CT molecular complexity index is 484. The predicted octanol–water partition coefficient (Wildman–Crippen LogP) is -0.108. The smallest absolute Gasteiger partial charge is 0.240 e. The van der Waals surface area contributed by atoms with E-state index in [-0.39, 0.29) is 13.2 Å². The Balaban J connectivity index is 2.32. The SMILES string of the molecule is O=S1(=O)NCCc2cc(OCCO)ccc21. The van der Waals surface area contributed by atoms with Crippen LogP contribution in [0.5, 0.6) is 5.75 Å². The molecular weight excluding hydrogens is 230 g/mol. The van der Waals surface area contributed by atoms with Crippen LogP contribution in [-0.2, 0) is 16.4 Å². The second kappa shape index (κ2) is 4.40. The van der Waals surface area contributed by atoms with Gasteiger partial charge < -0.3 is 9.84 Å². The summed E-state index contributed by atoms with van der Waals surface area (Å²) >= 11 is 0. The zero-order valence-corrected chi connectivity index (χ0v) is 9.46. The van der Waals surface area contributed by atoms with Gasteiger partial charge in [-0.1, -0.05) is 0 Å². The monoisotopic (exact) mass is 243 g/mol. The Hall–Kier alpha value is -1.11. The van der Waals surface area contributed by atoms with Crippen LogP contribution in [0.4, 0.5) is 0 Å². The summed E-state index contributed by atoms with van der Waals surface area (Å²) in [7, 11) is -3.33. The maximum Gasteiger partial charge on any atom is 0.240 e. The number of aliphatic hydroxyl groups is 1. The van der Waals surface area contributed by atoms with Gasteiger partial charge in [-0.2, -0.15) is 0 Å². The lowest BCUT2D eigenvalue weighted by atomic mass is 10.1. The number of rotatable bonds is 3. The van der Waals surface area contributed by atoms with Gasteiger partial charge in [0, 0.05) is 6.54 Å². The molecule has 0 unspecified atom stereocenters. The van der Waals surface area contributed by atoms with E-state index < -0.39 is 10.0 Å². The second-order valence-corrected chi connectivity index (χ2v) is 5.22. The van der Waals surface area contributed by atoms with Crippen LogP contribution in [-0.4, -0.2) is 33.3 Å². The van der Waals surface area contributed by atoms with Crippen LogP contribution < -0.4 is 9.46 Å². The summed E-state index contributed by atoms with van der Waals surface area (Å²) in [4.78, 5) is 0.315. The summed E-state index contributed by atoms with van der Waals surface area (Å²) in [6.45, 7) is 0.569. The first-order valence-electron chi connectivity index (χ1n) is 5.00. The highest BCUT2D eigenvalue weighted by Gasteiger charge is 2.22. The van der Waals surface area contributed by atoms with Crippen LogP contribution in [0.15, 0.2) is 23.1 Å². The number of hydrogen-bond acceptors (Lipinski definition) is 4. The van der Waals surface area contributed by atoms with Crippen LogP contribution in [0.25, 0.3) is 0 Å². The summed E-state index contributed by atoms with van der Waals surface area (Å²) in [6, 6.07) is 4.84.